The zero-order valence-corrected chi connectivity index (χ0v) is 18.6. The van der Waals surface area contributed by atoms with E-state index in [1.807, 2.05) is 31.2 Å². The Bertz CT molecular complexity index is 1270. The Balaban J connectivity index is 1.58. The summed E-state index contributed by atoms with van der Waals surface area (Å²) in [6.45, 7) is 4.52. The van der Waals surface area contributed by atoms with Gasteiger partial charge in [-0.1, -0.05) is 23.9 Å². The second-order valence-corrected chi connectivity index (χ2v) is 8.40. The average molecular weight is 450 g/mol. The van der Waals surface area contributed by atoms with Crippen molar-refractivity contribution in [2.75, 3.05) is 11.9 Å². The number of rotatable bonds is 8. The summed E-state index contributed by atoms with van der Waals surface area (Å²) in [5, 5.41) is 3.39. The maximum absolute atomic E-state index is 13.2. The molecule has 0 bridgehead atoms. The van der Waals surface area contributed by atoms with E-state index in [1.54, 1.807) is 54.2 Å². The number of nitrogens with zero attached hydrogens (tertiary/aromatic N) is 2. The van der Waals surface area contributed by atoms with E-state index in [4.69, 9.17) is 9.15 Å². The summed E-state index contributed by atoms with van der Waals surface area (Å²) in [7, 11) is 0. The van der Waals surface area contributed by atoms with Crippen LogP contribution >= 0.6 is 11.8 Å². The lowest BCUT2D eigenvalue weighted by Gasteiger charge is -2.16. The molecule has 4 rings (SSSR count). The van der Waals surface area contributed by atoms with Gasteiger partial charge in [0, 0.05) is 5.69 Å². The Hall–Kier alpha value is -3.52. The third-order valence-corrected chi connectivity index (χ3v) is 5.90. The molecule has 0 fully saturated rings. The first-order valence-electron chi connectivity index (χ1n) is 10.3. The van der Waals surface area contributed by atoms with E-state index in [2.05, 4.69) is 10.3 Å². The van der Waals surface area contributed by atoms with E-state index < -0.39 is 5.25 Å². The summed E-state index contributed by atoms with van der Waals surface area (Å²) in [5.74, 6) is 1.19. The molecule has 164 valence electrons. The zero-order chi connectivity index (χ0) is 22.5. The van der Waals surface area contributed by atoms with E-state index in [1.165, 1.54) is 11.8 Å². The highest BCUT2D eigenvalue weighted by molar-refractivity contribution is 8.00. The van der Waals surface area contributed by atoms with Crippen LogP contribution in [0.15, 0.2) is 81.3 Å². The van der Waals surface area contributed by atoms with Crippen LogP contribution in [0.4, 0.5) is 5.69 Å². The monoisotopic (exact) mass is 449 g/mol. The first-order valence-corrected chi connectivity index (χ1v) is 11.2. The van der Waals surface area contributed by atoms with Crippen LogP contribution in [0.3, 0.4) is 0 Å². The molecule has 1 atom stereocenters. The number of hydrogen-bond donors (Lipinski definition) is 1. The van der Waals surface area contributed by atoms with Gasteiger partial charge >= 0.3 is 0 Å². The summed E-state index contributed by atoms with van der Waals surface area (Å²) in [5.41, 5.74) is 1.09. The summed E-state index contributed by atoms with van der Waals surface area (Å²) in [6.07, 6.45) is 1.56. The fourth-order valence-corrected chi connectivity index (χ4v) is 4.10. The van der Waals surface area contributed by atoms with Crippen LogP contribution in [-0.4, -0.2) is 27.3 Å². The van der Waals surface area contributed by atoms with Gasteiger partial charge in [0.15, 0.2) is 5.16 Å². The van der Waals surface area contributed by atoms with Gasteiger partial charge in [-0.05, 0) is 62.4 Å². The number of para-hydroxylation sites is 1. The number of benzene rings is 2. The Morgan fingerprint density at radius 3 is 2.66 bits per heavy atom. The van der Waals surface area contributed by atoms with Crippen LogP contribution in [-0.2, 0) is 11.3 Å². The summed E-state index contributed by atoms with van der Waals surface area (Å²) in [4.78, 5) is 30.6. The molecule has 0 aliphatic heterocycles. The molecule has 0 aliphatic rings. The molecule has 1 unspecified atom stereocenters. The summed E-state index contributed by atoms with van der Waals surface area (Å²) >= 11 is 1.23. The van der Waals surface area contributed by atoms with Gasteiger partial charge in [0.05, 0.1) is 35.6 Å². The lowest BCUT2D eigenvalue weighted by atomic mass is 10.2. The van der Waals surface area contributed by atoms with Gasteiger partial charge < -0.3 is 14.5 Å². The van der Waals surface area contributed by atoms with Crippen LogP contribution in [0, 0.1) is 0 Å². The Kier molecular flexibility index (Phi) is 6.61. The SMILES string of the molecule is CCOc1ccc(NC(=O)C(C)Sc2nc3ccccc3c(=O)n2Cc2ccco2)cc1. The van der Waals surface area contributed by atoms with Crippen molar-refractivity contribution in [1.82, 2.24) is 9.55 Å². The first-order chi connectivity index (χ1) is 15.5. The number of carbonyl (C=O) groups is 1. The number of aromatic nitrogens is 2. The molecular weight excluding hydrogens is 426 g/mol. The number of hydrogen-bond acceptors (Lipinski definition) is 6. The third-order valence-electron chi connectivity index (χ3n) is 4.80. The normalized spacial score (nSPS) is 11.9. The molecule has 32 heavy (non-hydrogen) atoms. The topological polar surface area (TPSA) is 86.4 Å². The van der Waals surface area contributed by atoms with Crippen molar-refractivity contribution >= 4 is 34.3 Å². The molecule has 4 aromatic rings. The number of anilines is 1. The third kappa shape index (κ3) is 4.86. The van der Waals surface area contributed by atoms with Crippen LogP contribution in [0.1, 0.15) is 19.6 Å². The van der Waals surface area contributed by atoms with Crippen molar-refractivity contribution in [3.63, 3.8) is 0 Å². The molecule has 0 aliphatic carbocycles. The molecule has 2 aromatic carbocycles. The van der Waals surface area contributed by atoms with Gasteiger partial charge in [-0.3, -0.25) is 14.2 Å². The molecule has 8 heteroatoms. The molecule has 1 amide bonds. The molecule has 0 saturated heterocycles. The average Bonchev–Trinajstić information content (AvgIpc) is 3.31. The molecule has 0 spiro atoms. The second kappa shape index (κ2) is 9.74. The molecule has 7 nitrogen and oxygen atoms in total. The molecule has 0 radical (unpaired) electrons. The van der Waals surface area contributed by atoms with Crippen molar-refractivity contribution in [2.24, 2.45) is 0 Å². The minimum Gasteiger partial charge on any atom is -0.494 e. The second-order valence-electron chi connectivity index (χ2n) is 7.09. The van der Waals surface area contributed by atoms with Crippen molar-refractivity contribution in [3.8, 4) is 5.75 Å². The molecular formula is C24H23N3O4S. The fraction of sp³-hybridized carbons (Fsp3) is 0.208. The highest BCUT2D eigenvalue weighted by Gasteiger charge is 2.20. The lowest BCUT2D eigenvalue weighted by Crippen LogP contribution is -2.27. The smallest absolute Gasteiger partial charge is 0.262 e. The van der Waals surface area contributed by atoms with E-state index in [0.717, 1.165) is 5.75 Å². The molecule has 2 heterocycles. The van der Waals surface area contributed by atoms with Crippen LogP contribution < -0.4 is 15.6 Å². The highest BCUT2D eigenvalue weighted by Crippen LogP contribution is 2.25. The predicted molar refractivity (Wildman–Crippen MR) is 125 cm³/mol. The number of furan rings is 1. The minimum absolute atomic E-state index is 0.173. The first kappa shape index (κ1) is 21.7. The standard InChI is InChI=1S/C24H23N3O4S/c1-3-30-18-12-10-17(11-13-18)25-22(28)16(2)32-24-26-21-9-5-4-8-20(21)23(29)27(24)15-19-7-6-14-31-19/h4-14,16H,3,15H2,1-2H3,(H,25,28). The Morgan fingerprint density at radius 1 is 1.16 bits per heavy atom. The van der Waals surface area contributed by atoms with Gasteiger partial charge in [0.2, 0.25) is 5.91 Å². The minimum atomic E-state index is -0.488. The van der Waals surface area contributed by atoms with Crippen LogP contribution in [0.5, 0.6) is 5.75 Å². The van der Waals surface area contributed by atoms with Crippen molar-refractivity contribution in [1.29, 1.82) is 0 Å². The maximum atomic E-state index is 13.2. The lowest BCUT2D eigenvalue weighted by molar-refractivity contribution is -0.115. The number of nitrogens with one attached hydrogen (secondary N) is 1. The Labute approximate surface area is 189 Å². The predicted octanol–water partition coefficient (Wildman–Crippen LogP) is 4.56. The number of thioether (sulfide) groups is 1. The molecule has 2 aromatic heterocycles. The fourth-order valence-electron chi connectivity index (χ4n) is 3.19. The Morgan fingerprint density at radius 2 is 1.94 bits per heavy atom. The van der Waals surface area contributed by atoms with Gasteiger partial charge in [0.1, 0.15) is 11.5 Å². The number of ether oxygens (including phenoxy) is 1. The van der Waals surface area contributed by atoms with E-state index in [9.17, 15) is 9.59 Å². The van der Waals surface area contributed by atoms with Gasteiger partial charge in [-0.15, -0.1) is 0 Å². The number of amides is 1. The quantitative estimate of drug-likeness (QED) is 0.314. The van der Waals surface area contributed by atoms with Gasteiger partial charge in [-0.25, -0.2) is 4.98 Å². The van der Waals surface area contributed by atoms with Crippen molar-refractivity contribution in [3.05, 3.63) is 83.0 Å². The zero-order valence-electron chi connectivity index (χ0n) is 17.8. The summed E-state index contributed by atoms with van der Waals surface area (Å²) < 4.78 is 12.4. The van der Waals surface area contributed by atoms with E-state index in [-0.39, 0.29) is 18.0 Å². The number of carbonyl (C=O) groups excluding carboxylic acids is 1. The largest absolute Gasteiger partial charge is 0.494 e. The molecule has 0 saturated carbocycles. The van der Waals surface area contributed by atoms with Crippen LogP contribution in [0.25, 0.3) is 10.9 Å². The molecule has 1 N–H and O–H groups in total. The van der Waals surface area contributed by atoms with Crippen LogP contribution in [0.2, 0.25) is 0 Å². The van der Waals surface area contributed by atoms with E-state index in [0.29, 0.717) is 34.1 Å². The highest BCUT2D eigenvalue weighted by atomic mass is 32.2. The number of fused-ring (bicyclic) bond motifs is 1. The van der Waals surface area contributed by atoms with Gasteiger partial charge in [0.25, 0.3) is 5.56 Å². The van der Waals surface area contributed by atoms with Gasteiger partial charge in [-0.2, -0.15) is 0 Å². The maximum Gasteiger partial charge on any atom is 0.262 e. The van der Waals surface area contributed by atoms with E-state index >= 15 is 0 Å². The summed E-state index contributed by atoms with van der Waals surface area (Å²) in [6, 6.07) is 18.0. The van der Waals surface area contributed by atoms with Crippen molar-refractivity contribution < 1.29 is 13.9 Å². The van der Waals surface area contributed by atoms with Crippen molar-refractivity contribution in [2.45, 2.75) is 30.8 Å².